The molecule has 1 aromatic heterocycles. The van der Waals surface area contributed by atoms with Gasteiger partial charge in [-0.05, 0) is 30.8 Å². The molecular weight excluding hydrogens is 356 g/mol. The Bertz CT molecular complexity index is 743. The minimum absolute atomic E-state index is 0.150. The Morgan fingerprint density at radius 1 is 1.28 bits per heavy atom. The maximum absolute atomic E-state index is 13.0. The van der Waals surface area contributed by atoms with Crippen molar-refractivity contribution in [2.45, 2.75) is 37.4 Å². The van der Waals surface area contributed by atoms with E-state index < -0.39 is 0 Å². The van der Waals surface area contributed by atoms with Gasteiger partial charge in [-0.1, -0.05) is 6.92 Å². The highest BCUT2D eigenvalue weighted by Gasteiger charge is 2.51. The van der Waals surface area contributed by atoms with Crippen molar-refractivity contribution in [2.24, 2.45) is 11.8 Å². The molecule has 1 fully saturated rings. The van der Waals surface area contributed by atoms with E-state index in [2.05, 4.69) is 37.4 Å². The van der Waals surface area contributed by atoms with E-state index in [4.69, 9.17) is 13.9 Å². The number of ether oxygens (including phenoxy) is 2. The van der Waals surface area contributed by atoms with Crippen LogP contribution >= 0.6 is 23.5 Å². The first-order valence-corrected chi connectivity index (χ1v) is 10.7. The zero-order valence-corrected chi connectivity index (χ0v) is 16.8. The van der Waals surface area contributed by atoms with E-state index in [0.717, 1.165) is 17.7 Å². The predicted molar refractivity (Wildman–Crippen MR) is 102 cm³/mol. The molecule has 4 rings (SSSR count). The second-order valence-corrected chi connectivity index (χ2v) is 10.2. The van der Waals surface area contributed by atoms with Gasteiger partial charge in [0.2, 0.25) is 0 Å². The lowest BCUT2D eigenvalue weighted by atomic mass is 9.86. The van der Waals surface area contributed by atoms with Crippen molar-refractivity contribution in [1.29, 1.82) is 0 Å². The summed E-state index contributed by atoms with van der Waals surface area (Å²) in [5, 5.41) is 0. The molecule has 6 heteroatoms. The third-order valence-corrected chi connectivity index (χ3v) is 9.41. The third-order valence-electron chi connectivity index (χ3n) is 5.75. The van der Waals surface area contributed by atoms with Crippen LogP contribution in [0.5, 0.6) is 5.95 Å². The summed E-state index contributed by atoms with van der Waals surface area (Å²) < 4.78 is 17.0. The zero-order chi connectivity index (χ0) is 17.8. The van der Waals surface area contributed by atoms with Crippen LogP contribution in [0.3, 0.4) is 0 Å². The van der Waals surface area contributed by atoms with Crippen molar-refractivity contribution in [3.63, 3.8) is 0 Å². The number of rotatable bonds is 3. The Morgan fingerprint density at radius 3 is 2.64 bits per heavy atom. The van der Waals surface area contributed by atoms with Crippen LogP contribution in [0.15, 0.2) is 9.99 Å². The van der Waals surface area contributed by atoms with E-state index in [1.165, 1.54) is 22.7 Å². The molecule has 4 nitrogen and oxygen atoms in total. The maximum Gasteiger partial charge on any atom is 0.291 e. The largest absolute Gasteiger partial charge is 0.468 e. The maximum atomic E-state index is 13.0. The molecule has 0 radical (unpaired) electrons. The highest BCUT2D eigenvalue weighted by Crippen LogP contribution is 2.63. The fourth-order valence-electron chi connectivity index (χ4n) is 4.55. The van der Waals surface area contributed by atoms with E-state index >= 15 is 0 Å². The summed E-state index contributed by atoms with van der Waals surface area (Å²) in [5.41, 5.74) is 4.07. The fourth-order valence-corrected chi connectivity index (χ4v) is 7.95. The van der Waals surface area contributed by atoms with Crippen molar-refractivity contribution in [2.75, 3.05) is 25.7 Å². The Morgan fingerprint density at radius 2 is 2.00 bits per heavy atom. The van der Waals surface area contributed by atoms with Gasteiger partial charge in [-0.3, -0.25) is 4.79 Å². The molecule has 2 atom stereocenters. The Kier molecular flexibility index (Phi) is 4.49. The van der Waals surface area contributed by atoms with Crippen LogP contribution in [0.25, 0.3) is 5.57 Å². The summed E-state index contributed by atoms with van der Waals surface area (Å²) in [6.07, 6.45) is 1.65. The number of thioether (sulfide) groups is 2. The van der Waals surface area contributed by atoms with Gasteiger partial charge in [-0.15, -0.1) is 23.5 Å². The summed E-state index contributed by atoms with van der Waals surface area (Å²) in [5.74, 6) is 4.39. The number of hydrogen-bond donors (Lipinski definition) is 0. The average Bonchev–Trinajstić information content (AvgIpc) is 3.24. The molecule has 1 spiro atoms. The summed E-state index contributed by atoms with van der Waals surface area (Å²) >= 11 is 4.12. The second kappa shape index (κ2) is 6.39. The molecule has 3 aliphatic rings. The van der Waals surface area contributed by atoms with Gasteiger partial charge >= 0.3 is 0 Å². The number of hydrogen-bond acceptors (Lipinski definition) is 6. The minimum atomic E-state index is 0.150. The summed E-state index contributed by atoms with van der Waals surface area (Å²) in [6.45, 7) is 4.77. The van der Waals surface area contributed by atoms with Crippen LogP contribution in [0.4, 0.5) is 0 Å². The summed E-state index contributed by atoms with van der Waals surface area (Å²) in [7, 11) is 3.22. The number of allylic oxidation sites excluding steroid dienone is 1. The van der Waals surface area contributed by atoms with Crippen LogP contribution in [-0.4, -0.2) is 35.6 Å². The highest BCUT2D eigenvalue weighted by atomic mass is 32.2. The molecule has 136 valence electrons. The number of Topliss-reactive ketones (excluding diaryl/α,β-unsaturated/α-hetero) is 1. The third kappa shape index (κ3) is 2.52. The van der Waals surface area contributed by atoms with Crippen LogP contribution in [0, 0.1) is 11.8 Å². The smallest absolute Gasteiger partial charge is 0.291 e. The van der Waals surface area contributed by atoms with Gasteiger partial charge in [0.1, 0.15) is 5.76 Å². The highest BCUT2D eigenvalue weighted by molar-refractivity contribution is 8.21. The minimum Gasteiger partial charge on any atom is -0.468 e. The van der Waals surface area contributed by atoms with Gasteiger partial charge in [0, 0.05) is 30.6 Å². The lowest BCUT2D eigenvalue weighted by Gasteiger charge is -2.25. The van der Waals surface area contributed by atoms with Gasteiger partial charge in [0.15, 0.2) is 5.78 Å². The number of fused-ring (bicyclic) bond motifs is 3. The van der Waals surface area contributed by atoms with Crippen LogP contribution in [0.2, 0.25) is 0 Å². The zero-order valence-electron chi connectivity index (χ0n) is 15.1. The monoisotopic (exact) mass is 380 g/mol. The summed E-state index contributed by atoms with van der Waals surface area (Å²) in [6, 6.07) is 0. The Balaban J connectivity index is 1.94. The lowest BCUT2D eigenvalue weighted by molar-refractivity contribution is 0.0954. The number of carbonyl (C=O) groups is 1. The van der Waals surface area contributed by atoms with Gasteiger partial charge in [-0.25, -0.2) is 0 Å². The number of ketones is 1. The number of methoxy groups -OCH3 is 2. The molecule has 0 aromatic carbocycles. The van der Waals surface area contributed by atoms with Crippen LogP contribution < -0.4 is 4.74 Å². The quantitative estimate of drug-likeness (QED) is 0.762. The van der Waals surface area contributed by atoms with E-state index in [1.54, 1.807) is 14.2 Å². The standard InChI is InChI=1S/C19H24O4S2/c1-10-7-14(20)16-13(9-21-3)18(22-4)23-17(16)15-11(2)19(8-12(10)15)24-5-6-25-19/h10,12H,5-9H2,1-4H3/t10-,12-/m1/s1. The van der Waals surface area contributed by atoms with Crippen molar-refractivity contribution in [1.82, 2.24) is 0 Å². The SMILES string of the molecule is COCc1c(OC)oc2c1C(=O)C[C@@H](C)[C@H]1CC3(SCCS3)C(C)=C21. The van der Waals surface area contributed by atoms with Crippen molar-refractivity contribution < 1.29 is 18.7 Å². The molecule has 1 aromatic rings. The van der Waals surface area contributed by atoms with Gasteiger partial charge < -0.3 is 13.9 Å². The molecular formula is C19H24O4S2. The Labute approximate surface area is 157 Å². The fraction of sp³-hybridized carbons (Fsp3) is 0.632. The predicted octanol–water partition coefficient (Wildman–Crippen LogP) is 4.63. The molecule has 0 saturated carbocycles. The summed E-state index contributed by atoms with van der Waals surface area (Å²) in [4.78, 5) is 13.0. The first-order valence-electron chi connectivity index (χ1n) is 8.73. The van der Waals surface area contributed by atoms with E-state index in [0.29, 0.717) is 36.4 Å². The molecule has 1 saturated heterocycles. The Hall–Kier alpha value is -0.850. The topological polar surface area (TPSA) is 48.7 Å². The molecule has 0 unspecified atom stereocenters. The van der Waals surface area contributed by atoms with Crippen molar-refractivity contribution in [3.8, 4) is 5.95 Å². The second-order valence-electron chi connectivity index (χ2n) is 7.11. The number of furan rings is 1. The molecule has 1 aliphatic heterocycles. The van der Waals surface area contributed by atoms with E-state index in [1.807, 2.05) is 0 Å². The average molecular weight is 381 g/mol. The van der Waals surface area contributed by atoms with Crippen LogP contribution in [-0.2, 0) is 11.3 Å². The van der Waals surface area contributed by atoms with Crippen molar-refractivity contribution in [3.05, 3.63) is 22.5 Å². The molecule has 2 heterocycles. The van der Waals surface area contributed by atoms with Crippen LogP contribution in [0.1, 0.15) is 48.4 Å². The molecule has 0 bridgehead atoms. The van der Waals surface area contributed by atoms with E-state index in [9.17, 15) is 4.79 Å². The van der Waals surface area contributed by atoms with Gasteiger partial charge in [0.25, 0.3) is 5.95 Å². The number of carbonyl (C=O) groups excluding carboxylic acids is 1. The molecule has 0 amide bonds. The molecule has 25 heavy (non-hydrogen) atoms. The van der Waals surface area contributed by atoms with E-state index in [-0.39, 0.29) is 9.86 Å². The first-order chi connectivity index (χ1) is 12.0. The first kappa shape index (κ1) is 17.6. The van der Waals surface area contributed by atoms with Gasteiger partial charge in [-0.2, -0.15) is 0 Å². The normalized spacial score (nSPS) is 27.6. The lowest BCUT2D eigenvalue weighted by Crippen LogP contribution is -2.19. The molecule has 2 aliphatic carbocycles. The van der Waals surface area contributed by atoms with Crippen molar-refractivity contribution >= 4 is 34.9 Å². The van der Waals surface area contributed by atoms with Gasteiger partial charge in [0.05, 0.1) is 28.9 Å². The molecule has 0 N–H and O–H groups in total.